The highest BCUT2D eigenvalue weighted by Crippen LogP contribution is 2.38. The second-order valence-corrected chi connectivity index (χ2v) is 6.17. The van der Waals surface area contributed by atoms with Crippen molar-refractivity contribution in [3.63, 3.8) is 0 Å². The number of fused-ring (bicyclic) bond motifs is 1. The van der Waals surface area contributed by atoms with Gasteiger partial charge in [0, 0.05) is 6.54 Å². The highest BCUT2D eigenvalue weighted by Gasteiger charge is 2.37. The van der Waals surface area contributed by atoms with Crippen LogP contribution in [0.5, 0.6) is 5.75 Å². The predicted molar refractivity (Wildman–Crippen MR) is 80.8 cm³/mol. The first-order valence-corrected chi connectivity index (χ1v) is 7.93. The van der Waals surface area contributed by atoms with Gasteiger partial charge in [0.15, 0.2) is 0 Å². The van der Waals surface area contributed by atoms with Gasteiger partial charge in [0.05, 0.1) is 5.92 Å². The molecule has 3 rings (SSSR count). The van der Waals surface area contributed by atoms with Crippen molar-refractivity contribution >= 4 is 11.9 Å². The van der Waals surface area contributed by atoms with E-state index in [0.29, 0.717) is 13.0 Å². The molecule has 5 heteroatoms. The van der Waals surface area contributed by atoms with Crippen molar-refractivity contribution in [3.8, 4) is 5.75 Å². The first-order chi connectivity index (χ1) is 10.6. The van der Waals surface area contributed by atoms with E-state index in [1.54, 1.807) is 12.1 Å². The molecule has 22 heavy (non-hydrogen) atoms. The number of phenolic OH excluding ortho intramolecular Hbond substituents is 1. The predicted octanol–water partition coefficient (Wildman–Crippen LogP) is 2.28. The maximum absolute atomic E-state index is 12.9. The summed E-state index contributed by atoms with van der Waals surface area (Å²) in [6, 6.07) is 4.58. The zero-order valence-electron chi connectivity index (χ0n) is 12.5. The Morgan fingerprint density at radius 2 is 1.95 bits per heavy atom. The molecule has 0 spiro atoms. The second kappa shape index (κ2) is 5.99. The number of amides is 1. The van der Waals surface area contributed by atoms with Crippen LogP contribution >= 0.6 is 0 Å². The lowest BCUT2D eigenvalue weighted by atomic mass is 9.81. The van der Waals surface area contributed by atoms with Gasteiger partial charge in [-0.25, -0.2) is 4.79 Å². The molecular formula is C17H21NO4. The Labute approximate surface area is 129 Å². The summed E-state index contributed by atoms with van der Waals surface area (Å²) in [6.45, 7) is 0.514. The van der Waals surface area contributed by atoms with Crippen LogP contribution in [0, 0.1) is 0 Å². The summed E-state index contributed by atoms with van der Waals surface area (Å²) < 4.78 is 0. The maximum Gasteiger partial charge on any atom is 0.326 e. The fourth-order valence-corrected chi connectivity index (χ4v) is 3.74. The summed E-state index contributed by atoms with van der Waals surface area (Å²) in [5, 5.41) is 19.3. The topological polar surface area (TPSA) is 77.8 Å². The summed E-state index contributed by atoms with van der Waals surface area (Å²) in [7, 11) is 0. The fourth-order valence-electron chi connectivity index (χ4n) is 3.74. The van der Waals surface area contributed by atoms with Gasteiger partial charge in [0.1, 0.15) is 11.8 Å². The summed E-state index contributed by atoms with van der Waals surface area (Å²) >= 11 is 0. The monoisotopic (exact) mass is 303 g/mol. The number of aliphatic carboxylic acids is 1. The third-order valence-corrected chi connectivity index (χ3v) is 4.85. The number of carbonyl (C=O) groups excluding carboxylic acids is 1. The molecule has 1 aliphatic carbocycles. The van der Waals surface area contributed by atoms with Gasteiger partial charge < -0.3 is 15.1 Å². The maximum atomic E-state index is 12.9. The van der Waals surface area contributed by atoms with Crippen molar-refractivity contribution in [1.29, 1.82) is 0 Å². The summed E-state index contributed by atoms with van der Waals surface area (Å²) in [5.41, 5.74) is 1.71. The lowest BCUT2D eigenvalue weighted by molar-refractivity contribution is -0.152. The number of benzene rings is 1. The smallest absolute Gasteiger partial charge is 0.326 e. The number of phenols is 1. The molecule has 1 saturated heterocycles. The number of rotatable bonds is 2. The highest BCUT2D eigenvalue weighted by atomic mass is 16.4. The molecule has 1 fully saturated rings. The van der Waals surface area contributed by atoms with Crippen molar-refractivity contribution in [2.24, 2.45) is 0 Å². The van der Waals surface area contributed by atoms with Gasteiger partial charge in [-0.15, -0.1) is 0 Å². The Balaban J connectivity index is 1.90. The van der Waals surface area contributed by atoms with Gasteiger partial charge in [0.25, 0.3) is 0 Å². The number of hydrogen-bond acceptors (Lipinski definition) is 3. The normalized spacial score (nSPS) is 24.6. The zero-order valence-corrected chi connectivity index (χ0v) is 12.5. The Hall–Kier alpha value is -2.04. The van der Waals surface area contributed by atoms with Gasteiger partial charge in [-0.1, -0.05) is 12.1 Å². The van der Waals surface area contributed by atoms with E-state index in [1.807, 2.05) is 6.07 Å². The van der Waals surface area contributed by atoms with Crippen LogP contribution in [0.15, 0.2) is 18.2 Å². The highest BCUT2D eigenvalue weighted by molar-refractivity contribution is 5.89. The van der Waals surface area contributed by atoms with Gasteiger partial charge in [-0.2, -0.15) is 0 Å². The minimum absolute atomic E-state index is 0.0985. The SMILES string of the molecule is O=C(O)[C@H]1CCCCN1C(=O)[C@@H]1CCCc2c(O)cccc21. The minimum Gasteiger partial charge on any atom is -0.508 e. The molecule has 1 aliphatic heterocycles. The molecule has 2 N–H and O–H groups in total. The summed E-state index contributed by atoms with van der Waals surface area (Å²) in [6.07, 6.45) is 4.57. The number of likely N-dealkylation sites (tertiary alicyclic amines) is 1. The molecule has 1 aromatic carbocycles. The van der Waals surface area contributed by atoms with Crippen molar-refractivity contribution in [1.82, 2.24) is 4.90 Å². The van der Waals surface area contributed by atoms with Gasteiger partial charge in [0.2, 0.25) is 5.91 Å². The molecule has 2 aliphatic rings. The minimum atomic E-state index is -0.917. The van der Waals surface area contributed by atoms with Crippen molar-refractivity contribution in [2.75, 3.05) is 6.54 Å². The number of nitrogens with zero attached hydrogens (tertiary/aromatic N) is 1. The average Bonchev–Trinajstić information content (AvgIpc) is 2.54. The van der Waals surface area contributed by atoms with E-state index in [9.17, 15) is 19.8 Å². The Morgan fingerprint density at radius 1 is 1.14 bits per heavy atom. The van der Waals surface area contributed by atoms with E-state index in [0.717, 1.165) is 43.2 Å². The molecular weight excluding hydrogens is 282 g/mol. The molecule has 1 aromatic rings. The molecule has 0 saturated carbocycles. The average molecular weight is 303 g/mol. The standard InChI is InChI=1S/C17H21NO4/c19-15-9-4-5-11-12(15)6-3-7-13(11)16(20)18-10-2-1-8-14(18)17(21)22/h4-5,9,13-14,19H,1-3,6-8,10H2,(H,21,22)/t13-,14-/m1/s1. The Bertz CT molecular complexity index is 598. The van der Waals surface area contributed by atoms with Crippen molar-refractivity contribution < 1.29 is 19.8 Å². The van der Waals surface area contributed by atoms with Crippen LogP contribution in [0.1, 0.15) is 49.1 Å². The first-order valence-electron chi connectivity index (χ1n) is 7.93. The Kier molecular flexibility index (Phi) is 4.05. The van der Waals surface area contributed by atoms with E-state index in [1.165, 1.54) is 4.90 Å². The number of aromatic hydroxyl groups is 1. The van der Waals surface area contributed by atoms with E-state index >= 15 is 0 Å². The number of carboxylic acids is 1. The lowest BCUT2D eigenvalue weighted by Gasteiger charge is -2.37. The van der Waals surface area contributed by atoms with Crippen LogP contribution < -0.4 is 0 Å². The van der Waals surface area contributed by atoms with Crippen LogP contribution in [0.2, 0.25) is 0 Å². The molecule has 0 aromatic heterocycles. The number of carboxylic acid groups (broad SMARTS) is 1. The molecule has 2 atom stereocenters. The molecule has 118 valence electrons. The van der Waals surface area contributed by atoms with Gasteiger partial charge >= 0.3 is 5.97 Å². The Morgan fingerprint density at radius 3 is 2.73 bits per heavy atom. The van der Waals surface area contributed by atoms with E-state index in [-0.39, 0.29) is 17.6 Å². The van der Waals surface area contributed by atoms with Gasteiger partial charge in [-0.3, -0.25) is 4.79 Å². The van der Waals surface area contributed by atoms with Crippen LogP contribution in [-0.2, 0) is 16.0 Å². The zero-order chi connectivity index (χ0) is 15.7. The second-order valence-electron chi connectivity index (χ2n) is 6.17. The van der Waals surface area contributed by atoms with E-state index in [2.05, 4.69) is 0 Å². The molecule has 0 bridgehead atoms. The van der Waals surface area contributed by atoms with Crippen LogP contribution in [-0.4, -0.2) is 39.6 Å². The molecule has 0 radical (unpaired) electrons. The number of hydrogen-bond donors (Lipinski definition) is 2. The van der Waals surface area contributed by atoms with Crippen LogP contribution in [0.3, 0.4) is 0 Å². The van der Waals surface area contributed by atoms with E-state index < -0.39 is 12.0 Å². The largest absolute Gasteiger partial charge is 0.508 e. The van der Waals surface area contributed by atoms with Crippen molar-refractivity contribution in [3.05, 3.63) is 29.3 Å². The number of piperidine rings is 1. The van der Waals surface area contributed by atoms with Crippen LogP contribution in [0.4, 0.5) is 0 Å². The number of carbonyl (C=O) groups is 2. The quantitative estimate of drug-likeness (QED) is 0.878. The molecule has 5 nitrogen and oxygen atoms in total. The van der Waals surface area contributed by atoms with Crippen LogP contribution in [0.25, 0.3) is 0 Å². The third-order valence-electron chi connectivity index (χ3n) is 4.85. The first kappa shape index (κ1) is 14.9. The van der Waals surface area contributed by atoms with Gasteiger partial charge in [-0.05, 0) is 55.7 Å². The molecule has 1 heterocycles. The molecule has 1 amide bonds. The molecule has 0 unspecified atom stereocenters. The lowest BCUT2D eigenvalue weighted by Crippen LogP contribution is -2.50. The van der Waals surface area contributed by atoms with E-state index in [4.69, 9.17) is 0 Å². The summed E-state index contributed by atoms with van der Waals surface area (Å²) in [5.74, 6) is -1.10. The fraction of sp³-hybridized carbons (Fsp3) is 0.529. The summed E-state index contributed by atoms with van der Waals surface area (Å²) in [4.78, 5) is 25.9. The third kappa shape index (κ3) is 2.56. The van der Waals surface area contributed by atoms with Crippen molar-refractivity contribution in [2.45, 2.75) is 50.5 Å².